The SMILES string of the molecule is C1=CCCC=CCC1.CC=C[CH2][Ru][CH2]C=CC. The van der Waals surface area contributed by atoms with Crippen molar-refractivity contribution in [2.75, 3.05) is 0 Å². The Morgan fingerprint density at radius 2 is 1.12 bits per heavy atom. The molecular weight excluding hydrogens is 293 g/mol. The molecule has 0 aromatic rings. The van der Waals surface area contributed by atoms with E-state index < -0.39 is 0 Å². The third-order valence-electron chi connectivity index (χ3n) is 2.18. The zero-order valence-electron chi connectivity index (χ0n) is 11.2. The van der Waals surface area contributed by atoms with Gasteiger partial charge >= 0.3 is 65.3 Å². The van der Waals surface area contributed by atoms with Crippen molar-refractivity contribution in [3.8, 4) is 0 Å². The second kappa shape index (κ2) is 15.6. The summed E-state index contributed by atoms with van der Waals surface area (Å²) in [6.07, 6.45) is 22.8. The standard InChI is InChI=1S/C8H12.2C4H7.Ru/c1-2-4-6-8-7-5-3-1;2*1-3-4-2;/h1-2,7-8H,3-6H2;2*3-4H,1H2,2H3;. The Morgan fingerprint density at radius 1 is 0.765 bits per heavy atom. The Morgan fingerprint density at radius 3 is 1.41 bits per heavy atom. The molecule has 0 fully saturated rings. The van der Waals surface area contributed by atoms with E-state index in [-0.39, 0.29) is 0 Å². The molecule has 0 heterocycles. The fourth-order valence-electron chi connectivity index (χ4n) is 1.20. The van der Waals surface area contributed by atoms with Gasteiger partial charge in [0.1, 0.15) is 0 Å². The quantitative estimate of drug-likeness (QED) is 0.352. The molecule has 0 aromatic heterocycles. The fraction of sp³-hybridized carbons (Fsp3) is 0.500. The van der Waals surface area contributed by atoms with Crippen molar-refractivity contribution < 1.29 is 17.1 Å². The fourth-order valence-corrected chi connectivity index (χ4v) is 2.89. The Kier molecular flexibility index (Phi) is 15.2. The van der Waals surface area contributed by atoms with Crippen LogP contribution < -0.4 is 0 Å². The van der Waals surface area contributed by atoms with Gasteiger partial charge in [-0.1, -0.05) is 24.3 Å². The van der Waals surface area contributed by atoms with Crippen LogP contribution in [0.3, 0.4) is 0 Å². The van der Waals surface area contributed by atoms with E-state index in [9.17, 15) is 0 Å². The summed E-state index contributed by atoms with van der Waals surface area (Å²) in [6.45, 7) is 4.16. The van der Waals surface area contributed by atoms with Gasteiger partial charge in [0.05, 0.1) is 0 Å². The summed E-state index contributed by atoms with van der Waals surface area (Å²) >= 11 is 0.593. The van der Waals surface area contributed by atoms with E-state index in [0.717, 1.165) is 0 Å². The molecule has 0 bridgehead atoms. The topological polar surface area (TPSA) is 0 Å². The minimum absolute atomic E-state index is 0.593. The molecule has 0 N–H and O–H groups in total. The summed E-state index contributed by atoms with van der Waals surface area (Å²) in [5.74, 6) is 0. The predicted molar refractivity (Wildman–Crippen MR) is 76.0 cm³/mol. The van der Waals surface area contributed by atoms with E-state index in [0.29, 0.717) is 17.1 Å². The van der Waals surface area contributed by atoms with Gasteiger partial charge in [0, 0.05) is 0 Å². The van der Waals surface area contributed by atoms with Gasteiger partial charge in [0.25, 0.3) is 0 Å². The molecule has 98 valence electrons. The zero-order valence-corrected chi connectivity index (χ0v) is 13.0. The maximum atomic E-state index is 2.27. The van der Waals surface area contributed by atoms with Gasteiger partial charge in [0.15, 0.2) is 0 Å². The number of allylic oxidation sites excluding steroid dienone is 8. The van der Waals surface area contributed by atoms with E-state index in [1.54, 1.807) is 0 Å². The van der Waals surface area contributed by atoms with Crippen LogP contribution in [0.2, 0.25) is 10.0 Å². The monoisotopic (exact) mass is 320 g/mol. The summed E-state index contributed by atoms with van der Waals surface area (Å²) in [6, 6.07) is 0. The van der Waals surface area contributed by atoms with Gasteiger partial charge in [-0.05, 0) is 25.7 Å². The summed E-state index contributed by atoms with van der Waals surface area (Å²) in [5.41, 5.74) is 0. The molecule has 0 unspecified atom stereocenters. The van der Waals surface area contributed by atoms with Crippen molar-refractivity contribution in [2.24, 2.45) is 0 Å². The van der Waals surface area contributed by atoms with Gasteiger partial charge < -0.3 is 0 Å². The van der Waals surface area contributed by atoms with Crippen LogP contribution in [0.15, 0.2) is 48.6 Å². The van der Waals surface area contributed by atoms with Gasteiger partial charge in [-0.25, -0.2) is 0 Å². The molecule has 0 aliphatic heterocycles. The minimum atomic E-state index is 0.593. The first kappa shape index (κ1) is 16.6. The summed E-state index contributed by atoms with van der Waals surface area (Å²) < 4.78 is 0. The molecule has 1 rings (SSSR count). The Bertz CT molecular complexity index is 208. The Labute approximate surface area is 115 Å². The first-order valence-electron chi connectivity index (χ1n) is 6.44. The van der Waals surface area contributed by atoms with Crippen LogP contribution in [-0.4, -0.2) is 0 Å². The molecule has 0 radical (unpaired) electrons. The third kappa shape index (κ3) is 15.6. The van der Waals surface area contributed by atoms with Crippen LogP contribution in [0.25, 0.3) is 0 Å². The van der Waals surface area contributed by atoms with Crippen molar-refractivity contribution in [3.05, 3.63) is 48.6 Å². The van der Waals surface area contributed by atoms with Crippen molar-refractivity contribution in [3.63, 3.8) is 0 Å². The van der Waals surface area contributed by atoms with E-state index in [4.69, 9.17) is 0 Å². The molecule has 0 amide bonds. The molecular formula is C16H26Ru. The van der Waals surface area contributed by atoms with Crippen LogP contribution in [0, 0.1) is 0 Å². The molecule has 1 heteroatoms. The van der Waals surface area contributed by atoms with E-state index >= 15 is 0 Å². The maximum absolute atomic E-state index is 2.27. The molecule has 1 aliphatic rings. The van der Waals surface area contributed by atoms with Gasteiger partial charge in [0.2, 0.25) is 0 Å². The molecule has 0 nitrogen and oxygen atoms in total. The second-order valence-corrected chi connectivity index (χ2v) is 5.99. The van der Waals surface area contributed by atoms with Crippen molar-refractivity contribution in [2.45, 2.75) is 49.6 Å². The molecule has 17 heavy (non-hydrogen) atoms. The zero-order chi connectivity index (χ0) is 12.6. The summed E-state index contributed by atoms with van der Waals surface area (Å²) in [4.78, 5) is 0. The average Bonchev–Trinajstić information content (AvgIpc) is 2.29. The number of rotatable bonds is 4. The molecule has 0 atom stereocenters. The Hall–Kier alpha value is -0.417. The van der Waals surface area contributed by atoms with E-state index in [2.05, 4.69) is 62.5 Å². The predicted octanol–water partition coefficient (Wildman–Crippen LogP) is 5.73. The first-order valence-corrected chi connectivity index (χ1v) is 8.90. The molecule has 0 saturated heterocycles. The average molecular weight is 319 g/mol. The number of hydrogen-bond donors (Lipinski definition) is 0. The van der Waals surface area contributed by atoms with Crippen LogP contribution in [0.5, 0.6) is 0 Å². The number of hydrogen-bond acceptors (Lipinski definition) is 0. The van der Waals surface area contributed by atoms with Crippen molar-refractivity contribution in [1.29, 1.82) is 0 Å². The first-order chi connectivity index (χ1) is 8.41. The Balaban J connectivity index is 0.000000302. The van der Waals surface area contributed by atoms with Crippen LogP contribution in [-0.2, 0) is 17.1 Å². The molecule has 0 saturated carbocycles. The van der Waals surface area contributed by atoms with Gasteiger partial charge in [-0.3, -0.25) is 0 Å². The normalized spacial score (nSPS) is 15.9. The van der Waals surface area contributed by atoms with E-state index in [1.165, 1.54) is 35.7 Å². The second-order valence-electron chi connectivity index (χ2n) is 3.70. The van der Waals surface area contributed by atoms with Crippen molar-refractivity contribution in [1.82, 2.24) is 0 Å². The molecule has 1 aliphatic carbocycles. The van der Waals surface area contributed by atoms with E-state index in [1.807, 2.05) is 0 Å². The van der Waals surface area contributed by atoms with Crippen molar-refractivity contribution >= 4 is 0 Å². The van der Waals surface area contributed by atoms with Gasteiger partial charge in [-0.2, -0.15) is 0 Å². The molecule has 0 spiro atoms. The van der Waals surface area contributed by atoms with Gasteiger partial charge in [-0.15, -0.1) is 0 Å². The summed E-state index contributed by atoms with van der Waals surface area (Å²) in [5, 5.41) is 2.63. The molecule has 0 aromatic carbocycles. The summed E-state index contributed by atoms with van der Waals surface area (Å²) in [7, 11) is 0. The van der Waals surface area contributed by atoms with Crippen LogP contribution in [0.1, 0.15) is 39.5 Å². The third-order valence-corrected chi connectivity index (χ3v) is 4.00. The van der Waals surface area contributed by atoms with Crippen LogP contribution >= 0.6 is 0 Å². The van der Waals surface area contributed by atoms with Crippen LogP contribution in [0.4, 0.5) is 0 Å².